The first-order chi connectivity index (χ1) is 8.84. The van der Waals surface area contributed by atoms with Gasteiger partial charge < -0.3 is 9.47 Å². The number of unbranched alkanes of at least 4 members (excludes halogenated alkanes) is 1. The summed E-state index contributed by atoms with van der Waals surface area (Å²) in [4.78, 5) is 12.2. The largest absolute Gasteiger partial charge is 0.460 e. The van der Waals surface area contributed by atoms with Crippen molar-refractivity contribution in [3.05, 3.63) is 0 Å². The van der Waals surface area contributed by atoms with Crippen LogP contribution in [0, 0.1) is 11.8 Å². The molecule has 114 valence electrons. The van der Waals surface area contributed by atoms with Gasteiger partial charge in [0.1, 0.15) is 5.60 Å². The van der Waals surface area contributed by atoms with Crippen molar-refractivity contribution in [1.82, 2.24) is 0 Å². The third-order valence-electron chi connectivity index (χ3n) is 3.27. The normalized spacial score (nSPS) is 15.1. The van der Waals surface area contributed by atoms with Crippen LogP contribution in [0.15, 0.2) is 0 Å². The summed E-state index contributed by atoms with van der Waals surface area (Å²) < 4.78 is 10.7. The molecule has 0 saturated carbocycles. The summed E-state index contributed by atoms with van der Waals surface area (Å²) in [7, 11) is 1.64. The van der Waals surface area contributed by atoms with Crippen LogP contribution >= 0.6 is 0 Å². The molecule has 0 spiro atoms. The second-order valence-electron chi connectivity index (χ2n) is 6.34. The zero-order valence-corrected chi connectivity index (χ0v) is 13.6. The Kier molecular flexibility index (Phi) is 9.07. The van der Waals surface area contributed by atoms with E-state index in [4.69, 9.17) is 9.47 Å². The third-order valence-corrected chi connectivity index (χ3v) is 3.27. The van der Waals surface area contributed by atoms with Gasteiger partial charge in [-0.25, -0.2) is 0 Å². The van der Waals surface area contributed by atoms with Crippen LogP contribution in [0.25, 0.3) is 0 Å². The highest BCUT2D eigenvalue weighted by Gasteiger charge is 2.27. The first-order valence-electron chi connectivity index (χ1n) is 7.55. The summed E-state index contributed by atoms with van der Waals surface area (Å²) >= 11 is 0. The third kappa shape index (κ3) is 9.04. The molecule has 3 heteroatoms. The second kappa shape index (κ2) is 9.35. The molecule has 2 unspecified atom stereocenters. The van der Waals surface area contributed by atoms with Gasteiger partial charge in [0.05, 0.1) is 12.5 Å². The Morgan fingerprint density at radius 1 is 1.21 bits per heavy atom. The van der Waals surface area contributed by atoms with Crippen molar-refractivity contribution in [3.8, 4) is 0 Å². The van der Waals surface area contributed by atoms with E-state index in [0.717, 1.165) is 12.8 Å². The lowest BCUT2D eigenvalue weighted by Crippen LogP contribution is -2.32. The topological polar surface area (TPSA) is 35.5 Å². The fraction of sp³-hybridized carbons (Fsp3) is 0.938. The van der Waals surface area contributed by atoms with E-state index >= 15 is 0 Å². The number of ether oxygens (including phenoxy) is 2. The number of carbonyl (C=O) groups excluding carboxylic acids is 1. The SMILES string of the molecule is CCCCC(CC)CC(COC)C(=O)OC(C)(C)C. The van der Waals surface area contributed by atoms with Crippen LogP contribution in [-0.2, 0) is 14.3 Å². The van der Waals surface area contributed by atoms with Crippen molar-refractivity contribution >= 4 is 5.97 Å². The molecule has 3 nitrogen and oxygen atoms in total. The molecule has 0 radical (unpaired) electrons. The summed E-state index contributed by atoms with van der Waals surface area (Å²) in [6, 6.07) is 0. The fourth-order valence-electron chi connectivity index (χ4n) is 2.20. The number of esters is 1. The Balaban J connectivity index is 4.48. The lowest BCUT2D eigenvalue weighted by Gasteiger charge is -2.26. The van der Waals surface area contributed by atoms with Crippen molar-refractivity contribution in [1.29, 1.82) is 0 Å². The van der Waals surface area contributed by atoms with Crippen LogP contribution in [0.2, 0.25) is 0 Å². The molecule has 0 bridgehead atoms. The van der Waals surface area contributed by atoms with E-state index in [2.05, 4.69) is 13.8 Å². The quantitative estimate of drug-likeness (QED) is 0.590. The van der Waals surface area contributed by atoms with Crippen LogP contribution in [0.1, 0.15) is 66.7 Å². The first kappa shape index (κ1) is 18.4. The zero-order chi connectivity index (χ0) is 14.9. The summed E-state index contributed by atoms with van der Waals surface area (Å²) in [5.74, 6) is 0.336. The van der Waals surface area contributed by atoms with Crippen molar-refractivity contribution in [2.45, 2.75) is 72.3 Å². The van der Waals surface area contributed by atoms with Crippen LogP contribution in [-0.4, -0.2) is 25.3 Å². The van der Waals surface area contributed by atoms with Crippen LogP contribution in [0.3, 0.4) is 0 Å². The van der Waals surface area contributed by atoms with Gasteiger partial charge in [-0.3, -0.25) is 4.79 Å². The van der Waals surface area contributed by atoms with E-state index in [9.17, 15) is 4.79 Å². The molecule has 19 heavy (non-hydrogen) atoms. The van der Waals surface area contributed by atoms with E-state index in [1.807, 2.05) is 20.8 Å². The smallest absolute Gasteiger partial charge is 0.311 e. The van der Waals surface area contributed by atoms with Crippen molar-refractivity contribution in [3.63, 3.8) is 0 Å². The van der Waals surface area contributed by atoms with Gasteiger partial charge in [-0.1, -0.05) is 39.5 Å². The molecule has 0 aliphatic heterocycles. The van der Waals surface area contributed by atoms with Gasteiger partial charge in [0.2, 0.25) is 0 Å². The monoisotopic (exact) mass is 272 g/mol. The van der Waals surface area contributed by atoms with Crippen molar-refractivity contribution in [2.24, 2.45) is 11.8 Å². The average molecular weight is 272 g/mol. The van der Waals surface area contributed by atoms with Crippen molar-refractivity contribution < 1.29 is 14.3 Å². The Hall–Kier alpha value is -0.570. The molecule has 0 heterocycles. The van der Waals surface area contributed by atoms with Gasteiger partial charge >= 0.3 is 5.97 Å². The summed E-state index contributed by atoms with van der Waals surface area (Å²) in [6.45, 7) is 10.6. The van der Waals surface area contributed by atoms with Gasteiger partial charge in [0, 0.05) is 7.11 Å². The van der Waals surface area contributed by atoms with Crippen molar-refractivity contribution in [2.75, 3.05) is 13.7 Å². The number of rotatable bonds is 9. The summed E-state index contributed by atoms with van der Waals surface area (Å²) in [5.41, 5.74) is -0.422. The molecular weight excluding hydrogens is 240 g/mol. The Labute approximate surface area is 119 Å². The predicted octanol–water partition coefficient (Wildman–Crippen LogP) is 4.20. The maximum Gasteiger partial charge on any atom is 0.311 e. The molecule has 0 fully saturated rings. The lowest BCUT2D eigenvalue weighted by atomic mass is 9.89. The molecule has 0 aromatic rings. The Morgan fingerprint density at radius 2 is 1.84 bits per heavy atom. The van der Waals surface area contributed by atoms with Crippen LogP contribution in [0.4, 0.5) is 0 Å². The summed E-state index contributed by atoms with van der Waals surface area (Å²) in [5, 5.41) is 0. The molecule has 2 atom stereocenters. The fourth-order valence-corrected chi connectivity index (χ4v) is 2.20. The molecule has 0 aliphatic carbocycles. The Morgan fingerprint density at radius 3 is 2.26 bits per heavy atom. The van der Waals surface area contributed by atoms with E-state index in [0.29, 0.717) is 12.5 Å². The first-order valence-corrected chi connectivity index (χ1v) is 7.55. The van der Waals surface area contributed by atoms with Gasteiger partial charge in [-0.15, -0.1) is 0 Å². The standard InChI is InChI=1S/C16H32O3/c1-7-9-10-13(8-2)11-14(12-18-6)15(17)19-16(3,4)5/h13-14H,7-12H2,1-6H3. The molecular formula is C16H32O3. The van der Waals surface area contributed by atoms with Crippen LogP contribution in [0.5, 0.6) is 0 Å². The molecule has 0 aromatic carbocycles. The lowest BCUT2D eigenvalue weighted by molar-refractivity contribution is -0.162. The van der Waals surface area contributed by atoms with Crippen LogP contribution < -0.4 is 0 Å². The maximum absolute atomic E-state index is 12.2. The zero-order valence-electron chi connectivity index (χ0n) is 13.6. The highest BCUT2D eigenvalue weighted by atomic mass is 16.6. The van der Waals surface area contributed by atoms with Gasteiger partial charge in [0.15, 0.2) is 0 Å². The molecule has 0 saturated heterocycles. The second-order valence-corrected chi connectivity index (χ2v) is 6.34. The molecule has 0 N–H and O–H groups in total. The number of hydrogen-bond donors (Lipinski definition) is 0. The van der Waals surface area contributed by atoms with E-state index in [-0.39, 0.29) is 11.9 Å². The predicted molar refractivity (Wildman–Crippen MR) is 79.1 cm³/mol. The Bertz CT molecular complexity index is 243. The molecule has 0 aliphatic rings. The molecule has 0 amide bonds. The maximum atomic E-state index is 12.2. The van der Waals surface area contributed by atoms with E-state index in [1.165, 1.54) is 19.3 Å². The van der Waals surface area contributed by atoms with Gasteiger partial charge in [0.25, 0.3) is 0 Å². The molecule has 0 rings (SSSR count). The molecule has 0 aromatic heterocycles. The number of hydrogen-bond acceptors (Lipinski definition) is 3. The highest BCUT2D eigenvalue weighted by molar-refractivity contribution is 5.73. The minimum absolute atomic E-state index is 0.121. The van der Waals surface area contributed by atoms with Gasteiger partial charge in [-0.05, 0) is 33.1 Å². The van der Waals surface area contributed by atoms with E-state index < -0.39 is 5.60 Å². The highest BCUT2D eigenvalue weighted by Crippen LogP contribution is 2.24. The average Bonchev–Trinajstić information content (AvgIpc) is 2.30. The van der Waals surface area contributed by atoms with Gasteiger partial charge in [-0.2, -0.15) is 0 Å². The van der Waals surface area contributed by atoms with E-state index in [1.54, 1.807) is 7.11 Å². The number of carbonyl (C=O) groups is 1. The minimum Gasteiger partial charge on any atom is -0.460 e. The minimum atomic E-state index is -0.422. The summed E-state index contributed by atoms with van der Waals surface area (Å²) in [6.07, 6.45) is 5.61. The number of methoxy groups -OCH3 is 1.